The van der Waals surface area contributed by atoms with Crippen molar-refractivity contribution < 1.29 is 4.79 Å². The van der Waals surface area contributed by atoms with Crippen LogP contribution in [0.3, 0.4) is 0 Å². The van der Waals surface area contributed by atoms with Crippen molar-refractivity contribution >= 4 is 11.7 Å². The summed E-state index contributed by atoms with van der Waals surface area (Å²) in [7, 11) is 1.68. The second-order valence-corrected chi connectivity index (χ2v) is 4.01. The first-order chi connectivity index (χ1) is 7.70. The molecule has 1 aromatic rings. The highest BCUT2D eigenvalue weighted by molar-refractivity contribution is 5.79. The van der Waals surface area contributed by atoms with E-state index >= 15 is 0 Å². The van der Waals surface area contributed by atoms with Crippen molar-refractivity contribution in [3.8, 4) is 0 Å². The van der Waals surface area contributed by atoms with Gasteiger partial charge in [-0.1, -0.05) is 0 Å². The van der Waals surface area contributed by atoms with Gasteiger partial charge in [0.25, 0.3) is 0 Å². The molecule has 16 heavy (non-hydrogen) atoms. The molecule has 0 radical (unpaired) electrons. The Hall–Kier alpha value is -1.65. The molecule has 1 aliphatic rings. The van der Waals surface area contributed by atoms with Gasteiger partial charge in [-0.25, -0.2) is 9.97 Å². The lowest BCUT2D eigenvalue weighted by Gasteiger charge is -2.17. The number of carbonyl (C=O) groups excluding carboxylic acids is 1. The van der Waals surface area contributed by atoms with Crippen LogP contribution in [0, 0.1) is 12.8 Å². The van der Waals surface area contributed by atoms with Crippen LogP contribution in [-0.4, -0.2) is 36.0 Å². The van der Waals surface area contributed by atoms with Crippen LogP contribution in [0.15, 0.2) is 12.3 Å². The molecule has 1 atom stereocenters. The SMILES string of the molecule is CNC(=O)C1CCN(c2ccnc(C)n2)C1. The molecular formula is C11H16N4O. The summed E-state index contributed by atoms with van der Waals surface area (Å²) in [5, 5.41) is 2.69. The standard InChI is InChI=1S/C11H16N4O/c1-8-13-5-3-10(14-8)15-6-4-9(7-15)11(16)12-2/h3,5,9H,4,6-7H2,1-2H3,(H,12,16). The van der Waals surface area contributed by atoms with E-state index in [0.29, 0.717) is 0 Å². The molecule has 0 spiro atoms. The molecule has 2 heterocycles. The van der Waals surface area contributed by atoms with Gasteiger partial charge in [-0.15, -0.1) is 0 Å². The van der Waals surface area contributed by atoms with Gasteiger partial charge in [0, 0.05) is 26.3 Å². The Balaban J connectivity index is 2.06. The third-order valence-electron chi connectivity index (χ3n) is 2.89. The molecule has 0 saturated carbocycles. The lowest BCUT2D eigenvalue weighted by atomic mass is 10.1. The largest absolute Gasteiger partial charge is 0.359 e. The molecular weight excluding hydrogens is 204 g/mol. The molecule has 1 amide bonds. The molecule has 1 saturated heterocycles. The summed E-state index contributed by atoms with van der Waals surface area (Å²) < 4.78 is 0. The predicted octanol–water partition coefficient (Wildman–Crippen LogP) is 0.357. The van der Waals surface area contributed by atoms with E-state index in [0.717, 1.165) is 31.2 Å². The third-order valence-corrected chi connectivity index (χ3v) is 2.89. The Bertz CT molecular complexity index is 393. The van der Waals surface area contributed by atoms with Crippen LogP contribution in [0.1, 0.15) is 12.2 Å². The fraction of sp³-hybridized carbons (Fsp3) is 0.545. The fourth-order valence-corrected chi connectivity index (χ4v) is 2.01. The average Bonchev–Trinajstić information content (AvgIpc) is 2.77. The maximum atomic E-state index is 11.5. The van der Waals surface area contributed by atoms with Crippen molar-refractivity contribution in [3.63, 3.8) is 0 Å². The Kier molecular flexibility index (Phi) is 3.03. The fourth-order valence-electron chi connectivity index (χ4n) is 2.01. The molecule has 2 rings (SSSR count). The van der Waals surface area contributed by atoms with E-state index in [1.165, 1.54) is 0 Å². The Morgan fingerprint density at radius 3 is 3.12 bits per heavy atom. The first kappa shape index (κ1) is 10.9. The minimum atomic E-state index is 0.0836. The van der Waals surface area contributed by atoms with Crippen molar-refractivity contribution in [2.45, 2.75) is 13.3 Å². The van der Waals surface area contributed by atoms with Crippen LogP contribution in [0.4, 0.5) is 5.82 Å². The molecule has 1 aromatic heterocycles. The van der Waals surface area contributed by atoms with Gasteiger partial charge < -0.3 is 10.2 Å². The number of hydrogen-bond acceptors (Lipinski definition) is 4. The zero-order valence-corrected chi connectivity index (χ0v) is 9.60. The van der Waals surface area contributed by atoms with Gasteiger partial charge in [0.2, 0.25) is 5.91 Å². The zero-order valence-electron chi connectivity index (χ0n) is 9.60. The number of nitrogens with one attached hydrogen (secondary N) is 1. The van der Waals surface area contributed by atoms with Gasteiger partial charge in [0.1, 0.15) is 11.6 Å². The Labute approximate surface area is 94.9 Å². The van der Waals surface area contributed by atoms with Gasteiger partial charge in [-0.05, 0) is 19.4 Å². The Morgan fingerprint density at radius 2 is 2.44 bits per heavy atom. The summed E-state index contributed by atoms with van der Waals surface area (Å²) >= 11 is 0. The molecule has 1 N–H and O–H groups in total. The lowest BCUT2D eigenvalue weighted by Crippen LogP contribution is -2.30. The van der Waals surface area contributed by atoms with Crippen molar-refractivity contribution in [3.05, 3.63) is 18.1 Å². The van der Waals surface area contributed by atoms with E-state index in [4.69, 9.17) is 0 Å². The van der Waals surface area contributed by atoms with Crippen LogP contribution in [0.25, 0.3) is 0 Å². The molecule has 5 heteroatoms. The molecule has 5 nitrogen and oxygen atoms in total. The quantitative estimate of drug-likeness (QED) is 0.781. The van der Waals surface area contributed by atoms with Crippen LogP contribution in [0.2, 0.25) is 0 Å². The van der Waals surface area contributed by atoms with Crippen LogP contribution in [-0.2, 0) is 4.79 Å². The van der Waals surface area contributed by atoms with E-state index in [1.54, 1.807) is 13.2 Å². The molecule has 86 valence electrons. The first-order valence-corrected chi connectivity index (χ1v) is 5.47. The number of nitrogens with zero attached hydrogens (tertiary/aromatic N) is 3. The highest BCUT2D eigenvalue weighted by Crippen LogP contribution is 2.21. The summed E-state index contributed by atoms with van der Waals surface area (Å²) in [5.74, 6) is 1.88. The van der Waals surface area contributed by atoms with E-state index in [2.05, 4.69) is 20.2 Å². The normalized spacial score (nSPS) is 19.9. The monoisotopic (exact) mass is 220 g/mol. The van der Waals surface area contributed by atoms with Crippen LogP contribution in [0.5, 0.6) is 0 Å². The van der Waals surface area contributed by atoms with Crippen molar-refractivity contribution in [1.82, 2.24) is 15.3 Å². The highest BCUT2D eigenvalue weighted by atomic mass is 16.1. The first-order valence-electron chi connectivity index (χ1n) is 5.47. The van der Waals surface area contributed by atoms with Gasteiger partial charge in [-0.3, -0.25) is 4.79 Å². The predicted molar refractivity (Wildman–Crippen MR) is 61.2 cm³/mol. The minimum Gasteiger partial charge on any atom is -0.359 e. The summed E-state index contributed by atoms with van der Waals surface area (Å²) in [6.07, 6.45) is 2.65. The van der Waals surface area contributed by atoms with E-state index in [-0.39, 0.29) is 11.8 Å². The number of hydrogen-bond donors (Lipinski definition) is 1. The number of rotatable bonds is 2. The summed E-state index contributed by atoms with van der Waals surface area (Å²) in [6, 6.07) is 1.89. The van der Waals surface area contributed by atoms with E-state index in [1.807, 2.05) is 13.0 Å². The van der Waals surface area contributed by atoms with E-state index < -0.39 is 0 Å². The number of anilines is 1. The average molecular weight is 220 g/mol. The molecule has 1 fully saturated rings. The van der Waals surface area contributed by atoms with Crippen molar-refractivity contribution in [2.75, 3.05) is 25.0 Å². The van der Waals surface area contributed by atoms with Crippen molar-refractivity contribution in [1.29, 1.82) is 0 Å². The lowest BCUT2D eigenvalue weighted by molar-refractivity contribution is -0.123. The number of amides is 1. The number of aryl methyl sites for hydroxylation is 1. The summed E-state index contributed by atoms with van der Waals surface area (Å²) in [4.78, 5) is 22.0. The number of carbonyl (C=O) groups is 1. The Morgan fingerprint density at radius 1 is 1.62 bits per heavy atom. The summed E-state index contributed by atoms with van der Waals surface area (Å²) in [6.45, 7) is 3.50. The molecule has 1 unspecified atom stereocenters. The van der Waals surface area contributed by atoms with Gasteiger partial charge in [0.15, 0.2) is 0 Å². The molecule has 1 aliphatic heterocycles. The molecule has 0 bridgehead atoms. The third kappa shape index (κ3) is 2.13. The molecule has 0 aliphatic carbocycles. The maximum Gasteiger partial charge on any atom is 0.224 e. The second kappa shape index (κ2) is 4.47. The minimum absolute atomic E-state index is 0.0836. The van der Waals surface area contributed by atoms with E-state index in [9.17, 15) is 4.79 Å². The second-order valence-electron chi connectivity index (χ2n) is 4.01. The van der Waals surface area contributed by atoms with Gasteiger partial charge >= 0.3 is 0 Å². The van der Waals surface area contributed by atoms with Crippen LogP contribution >= 0.6 is 0 Å². The maximum absolute atomic E-state index is 11.5. The summed E-state index contributed by atoms with van der Waals surface area (Å²) in [5.41, 5.74) is 0. The van der Waals surface area contributed by atoms with Gasteiger partial charge in [0.05, 0.1) is 5.92 Å². The zero-order chi connectivity index (χ0) is 11.5. The number of aromatic nitrogens is 2. The van der Waals surface area contributed by atoms with Crippen LogP contribution < -0.4 is 10.2 Å². The smallest absolute Gasteiger partial charge is 0.224 e. The highest BCUT2D eigenvalue weighted by Gasteiger charge is 2.28. The molecule has 0 aromatic carbocycles. The topological polar surface area (TPSA) is 58.1 Å². The van der Waals surface area contributed by atoms with Gasteiger partial charge in [-0.2, -0.15) is 0 Å². The van der Waals surface area contributed by atoms with Crippen molar-refractivity contribution in [2.24, 2.45) is 5.92 Å².